The lowest BCUT2D eigenvalue weighted by Crippen LogP contribution is -2.01. The van der Waals surface area contributed by atoms with E-state index in [4.69, 9.17) is 5.73 Å². The van der Waals surface area contributed by atoms with Crippen molar-refractivity contribution in [3.63, 3.8) is 0 Å². The third kappa shape index (κ3) is 1.96. The predicted molar refractivity (Wildman–Crippen MR) is 46.8 cm³/mol. The molecule has 1 rings (SSSR count). The lowest BCUT2D eigenvalue weighted by Gasteiger charge is -2.03. The number of carbonyl (C=O) groups is 1. The van der Waals surface area contributed by atoms with E-state index >= 15 is 0 Å². The van der Waals surface area contributed by atoms with Crippen molar-refractivity contribution >= 4 is 11.7 Å². The van der Waals surface area contributed by atoms with Gasteiger partial charge < -0.3 is 5.73 Å². The number of nitrogens with two attached hydrogens (primary N) is 1. The van der Waals surface area contributed by atoms with E-state index in [1.807, 2.05) is 6.92 Å². The SMILES string of the molecule is CCc1ccc(C(=O)OF)cc1N. The summed E-state index contributed by atoms with van der Waals surface area (Å²) in [6, 6.07) is 4.57. The summed E-state index contributed by atoms with van der Waals surface area (Å²) < 4.78 is 11.5. The van der Waals surface area contributed by atoms with Crippen LogP contribution in [0.3, 0.4) is 0 Å². The number of hydrogen-bond acceptors (Lipinski definition) is 3. The van der Waals surface area contributed by atoms with Gasteiger partial charge >= 0.3 is 5.97 Å². The molecule has 0 radical (unpaired) electrons. The first-order chi connectivity index (χ1) is 6.19. The Kier molecular flexibility index (Phi) is 2.84. The Hall–Kier alpha value is -1.58. The van der Waals surface area contributed by atoms with Crippen molar-refractivity contribution in [2.24, 2.45) is 0 Å². The summed E-state index contributed by atoms with van der Waals surface area (Å²) in [4.78, 5) is 13.8. The average Bonchev–Trinajstić information content (AvgIpc) is 2.16. The van der Waals surface area contributed by atoms with Crippen molar-refractivity contribution in [3.05, 3.63) is 29.3 Å². The van der Waals surface area contributed by atoms with Gasteiger partial charge in [0.05, 0.1) is 5.56 Å². The van der Waals surface area contributed by atoms with E-state index in [1.54, 1.807) is 6.07 Å². The fourth-order valence-corrected chi connectivity index (χ4v) is 1.09. The number of aryl methyl sites for hydroxylation is 1. The van der Waals surface area contributed by atoms with Crippen molar-refractivity contribution in [2.45, 2.75) is 13.3 Å². The molecule has 0 unspecified atom stereocenters. The maximum Gasteiger partial charge on any atom is 0.379 e. The molecule has 2 N–H and O–H groups in total. The van der Waals surface area contributed by atoms with Crippen LogP contribution in [0.15, 0.2) is 18.2 Å². The van der Waals surface area contributed by atoms with Crippen molar-refractivity contribution < 1.29 is 14.3 Å². The molecule has 0 aromatic heterocycles. The van der Waals surface area contributed by atoms with Crippen LogP contribution in [0.5, 0.6) is 0 Å². The molecule has 0 aliphatic rings. The van der Waals surface area contributed by atoms with Crippen molar-refractivity contribution in [1.29, 1.82) is 0 Å². The highest BCUT2D eigenvalue weighted by atomic mass is 19.3. The largest absolute Gasteiger partial charge is 0.398 e. The van der Waals surface area contributed by atoms with Gasteiger partial charge in [0.1, 0.15) is 0 Å². The Morgan fingerprint density at radius 2 is 2.31 bits per heavy atom. The van der Waals surface area contributed by atoms with Crippen molar-refractivity contribution in [2.75, 3.05) is 5.73 Å². The second kappa shape index (κ2) is 3.89. The molecule has 0 saturated heterocycles. The summed E-state index contributed by atoms with van der Waals surface area (Å²) in [5.74, 6) is -1.02. The fraction of sp³-hybridized carbons (Fsp3) is 0.222. The highest BCUT2D eigenvalue weighted by molar-refractivity contribution is 5.90. The number of benzene rings is 1. The third-order valence-corrected chi connectivity index (χ3v) is 1.83. The third-order valence-electron chi connectivity index (χ3n) is 1.83. The first-order valence-electron chi connectivity index (χ1n) is 3.90. The van der Waals surface area contributed by atoms with Gasteiger partial charge in [0.15, 0.2) is 0 Å². The molecule has 0 heterocycles. The minimum absolute atomic E-state index is 0.122. The van der Waals surface area contributed by atoms with Gasteiger partial charge in [-0.15, -0.1) is 0 Å². The summed E-state index contributed by atoms with van der Waals surface area (Å²) >= 11 is 0. The molecule has 13 heavy (non-hydrogen) atoms. The van der Waals surface area contributed by atoms with Crippen LogP contribution in [0.4, 0.5) is 10.2 Å². The molecule has 1 aromatic carbocycles. The molecule has 0 saturated carbocycles. The van der Waals surface area contributed by atoms with Crippen LogP contribution in [-0.2, 0) is 11.4 Å². The van der Waals surface area contributed by atoms with Gasteiger partial charge in [-0.05, 0) is 24.1 Å². The van der Waals surface area contributed by atoms with Crippen LogP contribution in [0.25, 0.3) is 0 Å². The minimum atomic E-state index is -1.02. The Bertz CT molecular complexity index is 325. The average molecular weight is 183 g/mol. The Labute approximate surface area is 75.2 Å². The van der Waals surface area contributed by atoms with Gasteiger partial charge in [-0.3, -0.25) is 0 Å². The van der Waals surface area contributed by atoms with E-state index in [2.05, 4.69) is 4.94 Å². The Morgan fingerprint density at radius 3 is 2.77 bits per heavy atom. The number of rotatable bonds is 2. The number of hydrogen-bond donors (Lipinski definition) is 1. The lowest BCUT2D eigenvalue weighted by molar-refractivity contribution is -0.0787. The summed E-state index contributed by atoms with van der Waals surface area (Å²) in [6.07, 6.45) is 0.775. The van der Waals surface area contributed by atoms with Crippen LogP contribution in [0, 0.1) is 0 Å². The van der Waals surface area contributed by atoms with Crippen LogP contribution >= 0.6 is 0 Å². The van der Waals surface area contributed by atoms with Crippen molar-refractivity contribution in [1.82, 2.24) is 0 Å². The quantitative estimate of drug-likeness (QED) is 0.712. The normalized spacial score (nSPS) is 9.69. The number of carbonyl (C=O) groups excluding carboxylic acids is 1. The number of anilines is 1. The summed E-state index contributed by atoms with van der Waals surface area (Å²) in [6.45, 7) is 1.94. The zero-order valence-corrected chi connectivity index (χ0v) is 7.21. The minimum Gasteiger partial charge on any atom is -0.398 e. The second-order valence-corrected chi connectivity index (χ2v) is 2.63. The van der Waals surface area contributed by atoms with Crippen LogP contribution in [0.1, 0.15) is 22.8 Å². The zero-order chi connectivity index (χ0) is 9.84. The molecule has 4 heteroatoms. The molecular formula is C9H10FNO2. The maximum absolute atomic E-state index is 11.5. The van der Waals surface area contributed by atoms with Gasteiger partial charge in [-0.2, -0.15) is 0 Å². The smallest absolute Gasteiger partial charge is 0.379 e. The van der Waals surface area contributed by atoms with Gasteiger partial charge in [-0.1, -0.05) is 13.0 Å². The topological polar surface area (TPSA) is 52.3 Å². The molecule has 0 aliphatic heterocycles. The molecule has 0 spiro atoms. The predicted octanol–water partition coefficient (Wildman–Crippen LogP) is 1.87. The maximum atomic E-state index is 11.5. The monoisotopic (exact) mass is 183 g/mol. The Balaban J connectivity index is 3.02. The summed E-state index contributed by atoms with van der Waals surface area (Å²) in [5.41, 5.74) is 7.12. The molecule has 3 nitrogen and oxygen atoms in total. The summed E-state index contributed by atoms with van der Waals surface area (Å²) in [5, 5.41) is 0. The molecule has 0 aliphatic carbocycles. The molecule has 0 fully saturated rings. The molecule has 0 atom stereocenters. The highest BCUT2D eigenvalue weighted by Crippen LogP contribution is 2.15. The van der Waals surface area contributed by atoms with E-state index in [9.17, 15) is 9.32 Å². The van der Waals surface area contributed by atoms with Gasteiger partial charge in [0.2, 0.25) is 0 Å². The zero-order valence-electron chi connectivity index (χ0n) is 7.21. The molecular weight excluding hydrogens is 173 g/mol. The number of halogens is 1. The lowest BCUT2D eigenvalue weighted by atomic mass is 10.1. The van der Waals surface area contributed by atoms with E-state index in [1.165, 1.54) is 12.1 Å². The molecule has 0 amide bonds. The van der Waals surface area contributed by atoms with E-state index in [0.29, 0.717) is 5.69 Å². The van der Waals surface area contributed by atoms with Crippen LogP contribution < -0.4 is 5.73 Å². The van der Waals surface area contributed by atoms with Gasteiger partial charge in [0, 0.05) is 10.2 Å². The van der Waals surface area contributed by atoms with E-state index in [-0.39, 0.29) is 5.56 Å². The van der Waals surface area contributed by atoms with Crippen LogP contribution in [-0.4, -0.2) is 5.97 Å². The molecule has 1 aromatic rings. The van der Waals surface area contributed by atoms with E-state index < -0.39 is 5.97 Å². The van der Waals surface area contributed by atoms with Gasteiger partial charge in [0.25, 0.3) is 0 Å². The molecule has 0 bridgehead atoms. The highest BCUT2D eigenvalue weighted by Gasteiger charge is 2.08. The molecule has 70 valence electrons. The summed E-state index contributed by atoms with van der Waals surface area (Å²) in [7, 11) is 0. The van der Waals surface area contributed by atoms with E-state index in [0.717, 1.165) is 12.0 Å². The first kappa shape index (κ1) is 9.51. The van der Waals surface area contributed by atoms with Crippen molar-refractivity contribution in [3.8, 4) is 0 Å². The van der Waals surface area contributed by atoms with Gasteiger partial charge in [-0.25, -0.2) is 9.74 Å². The second-order valence-electron chi connectivity index (χ2n) is 2.63. The van der Waals surface area contributed by atoms with Crippen LogP contribution in [0.2, 0.25) is 0 Å². The standard InChI is InChI=1S/C9H10FNO2/c1-2-6-3-4-7(5-8(6)11)9(12)13-10/h3-5H,2,11H2,1H3. The Morgan fingerprint density at radius 1 is 1.62 bits per heavy atom. The number of nitrogen functional groups attached to an aromatic ring is 1. The first-order valence-corrected chi connectivity index (χ1v) is 3.90. The fourth-order valence-electron chi connectivity index (χ4n) is 1.09.